The monoisotopic (exact) mass is 231 g/mol. The molecule has 4 nitrogen and oxygen atoms in total. The number of carbonyl (C=O) groups is 1. The van der Waals surface area contributed by atoms with E-state index in [0.29, 0.717) is 5.91 Å². The number of likely N-dealkylation sites (tertiary alicyclic amines) is 1. The molecule has 3 rings (SSSR count). The predicted octanol–water partition coefficient (Wildman–Crippen LogP) is 1.14. The molecule has 1 amide bonds. The SMILES string of the molecule is O=C(C1CN(c2ccccn2)C1)N1CCCC1. The fraction of sp³-hybridized carbons (Fsp3) is 0.538. The number of anilines is 1. The van der Waals surface area contributed by atoms with E-state index in [4.69, 9.17) is 0 Å². The molecule has 4 heteroatoms. The molecule has 0 bridgehead atoms. The lowest BCUT2D eigenvalue weighted by atomic mass is 9.98. The fourth-order valence-corrected chi connectivity index (χ4v) is 2.56. The number of rotatable bonds is 2. The minimum atomic E-state index is 0.190. The van der Waals surface area contributed by atoms with Gasteiger partial charge in [-0.1, -0.05) is 6.07 Å². The van der Waals surface area contributed by atoms with Gasteiger partial charge < -0.3 is 9.80 Å². The van der Waals surface area contributed by atoms with Gasteiger partial charge in [-0.2, -0.15) is 0 Å². The first-order chi connectivity index (χ1) is 8.34. The lowest BCUT2D eigenvalue weighted by Crippen LogP contribution is -2.54. The highest BCUT2D eigenvalue weighted by atomic mass is 16.2. The van der Waals surface area contributed by atoms with Gasteiger partial charge in [0.25, 0.3) is 0 Å². The van der Waals surface area contributed by atoms with E-state index >= 15 is 0 Å². The number of amides is 1. The third kappa shape index (κ3) is 1.99. The molecule has 3 heterocycles. The molecule has 90 valence electrons. The molecular weight excluding hydrogens is 214 g/mol. The van der Waals surface area contributed by atoms with Gasteiger partial charge in [0, 0.05) is 32.4 Å². The molecule has 2 fully saturated rings. The van der Waals surface area contributed by atoms with E-state index in [9.17, 15) is 4.79 Å². The van der Waals surface area contributed by atoms with E-state index in [1.165, 1.54) is 12.8 Å². The summed E-state index contributed by atoms with van der Waals surface area (Å²) in [4.78, 5) is 20.6. The molecule has 0 aromatic carbocycles. The van der Waals surface area contributed by atoms with Crippen LogP contribution in [0.5, 0.6) is 0 Å². The molecule has 0 radical (unpaired) electrons. The third-order valence-electron chi connectivity index (χ3n) is 3.62. The van der Waals surface area contributed by atoms with Gasteiger partial charge in [-0.15, -0.1) is 0 Å². The molecule has 0 spiro atoms. The second-order valence-electron chi connectivity index (χ2n) is 4.82. The van der Waals surface area contributed by atoms with E-state index in [1.807, 2.05) is 23.1 Å². The Morgan fingerprint density at radius 1 is 1.24 bits per heavy atom. The van der Waals surface area contributed by atoms with Crippen LogP contribution in [0.25, 0.3) is 0 Å². The van der Waals surface area contributed by atoms with Crippen LogP contribution in [-0.4, -0.2) is 42.0 Å². The Morgan fingerprint density at radius 2 is 2.00 bits per heavy atom. The van der Waals surface area contributed by atoms with Crippen LogP contribution < -0.4 is 4.90 Å². The Balaban J connectivity index is 1.56. The van der Waals surface area contributed by atoms with Crippen LogP contribution >= 0.6 is 0 Å². The van der Waals surface area contributed by atoms with Crippen molar-refractivity contribution in [2.75, 3.05) is 31.1 Å². The number of aromatic nitrogens is 1. The van der Waals surface area contributed by atoms with Gasteiger partial charge in [0.15, 0.2) is 0 Å². The molecule has 0 aliphatic carbocycles. The summed E-state index contributed by atoms with van der Waals surface area (Å²) < 4.78 is 0. The van der Waals surface area contributed by atoms with Gasteiger partial charge in [0.2, 0.25) is 5.91 Å². The lowest BCUT2D eigenvalue weighted by Gasteiger charge is -2.40. The molecule has 0 N–H and O–H groups in total. The van der Waals surface area contributed by atoms with Crippen molar-refractivity contribution in [1.82, 2.24) is 9.88 Å². The van der Waals surface area contributed by atoms with E-state index < -0.39 is 0 Å². The van der Waals surface area contributed by atoms with Gasteiger partial charge in [-0.05, 0) is 25.0 Å². The molecule has 0 atom stereocenters. The van der Waals surface area contributed by atoms with Crippen LogP contribution in [0.15, 0.2) is 24.4 Å². The average molecular weight is 231 g/mol. The minimum absolute atomic E-state index is 0.190. The standard InChI is InChI=1S/C13H17N3O/c17-13(15-7-3-4-8-15)11-9-16(10-11)12-5-1-2-6-14-12/h1-2,5-6,11H,3-4,7-10H2. The van der Waals surface area contributed by atoms with E-state index in [1.54, 1.807) is 6.20 Å². The van der Waals surface area contributed by atoms with E-state index in [2.05, 4.69) is 9.88 Å². The Bertz CT molecular complexity index is 394. The smallest absolute Gasteiger partial charge is 0.229 e. The highest BCUT2D eigenvalue weighted by Crippen LogP contribution is 2.24. The van der Waals surface area contributed by atoms with Gasteiger partial charge in [-0.25, -0.2) is 4.98 Å². The van der Waals surface area contributed by atoms with Crippen LogP contribution in [0.3, 0.4) is 0 Å². The number of nitrogens with zero attached hydrogens (tertiary/aromatic N) is 3. The fourth-order valence-electron chi connectivity index (χ4n) is 2.56. The average Bonchev–Trinajstić information content (AvgIpc) is 2.81. The highest BCUT2D eigenvalue weighted by Gasteiger charge is 2.36. The molecule has 0 saturated carbocycles. The van der Waals surface area contributed by atoms with Crippen molar-refractivity contribution in [3.8, 4) is 0 Å². The molecule has 1 aromatic heterocycles. The maximum Gasteiger partial charge on any atom is 0.229 e. The van der Waals surface area contributed by atoms with Gasteiger partial charge >= 0.3 is 0 Å². The zero-order chi connectivity index (χ0) is 11.7. The zero-order valence-electron chi connectivity index (χ0n) is 9.88. The summed E-state index contributed by atoms with van der Waals surface area (Å²) in [7, 11) is 0. The van der Waals surface area contributed by atoms with E-state index in [-0.39, 0.29) is 5.92 Å². The first-order valence-electron chi connectivity index (χ1n) is 6.29. The molecule has 0 unspecified atom stereocenters. The van der Waals surface area contributed by atoms with Crippen LogP contribution in [-0.2, 0) is 4.79 Å². The minimum Gasteiger partial charge on any atom is -0.355 e. The lowest BCUT2D eigenvalue weighted by molar-refractivity contribution is -0.135. The molecule has 1 aromatic rings. The first kappa shape index (κ1) is 10.6. The highest BCUT2D eigenvalue weighted by molar-refractivity contribution is 5.82. The molecule has 2 aliphatic rings. The normalized spacial score (nSPS) is 20.5. The summed E-state index contributed by atoms with van der Waals surface area (Å²) >= 11 is 0. The summed E-state index contributed by atoms with van der Waals surface area (Å²) in [5.74, 6) is 1.52. The summed E-state index contributed by atoms with van der Waals surface area (Å²) in [5, 5.41) is 0. The third-order valence-corrected chi connectivity index (χ3v) is 3.62. The number of carbonyl (C=O) groups excluding carboxylic acids is 1. The Hall–Kier alpha value is -1.58. The van der Waals surface area contributed by atoms with Gasteiger partial charge in [0.1, 0.15) is 5.82 Å². The van der Waals surface area contributed by atoms with Gasteiger partial charge in [-0.3, -0.25) is 4.79 Å². The number of hydrogen-bond acceptors (Lipinski definition) is 3. The zero-order valence-corrected chi connectivity index (χ0v) is 9.88. The Labute approximate surface area is 101 Å². The summed E-state index contributed by atoms with van der Waals surface area (Å²) in [5.41, 5.74) is 0. The van der Waals surface area contributed by atoms with Crippen LogP contribution in [0, 0.1) is 5.92 Å². The van der Waals surface area contributed by atoms with Crippen molar-refractivity contribution >= 4 is 11.7 Å². The van der Waals surface area contributed by atoms with Crippen LogP contribution in [0.4, 0.5) is 5.82 Å². The van der Waals surface area contributed by atoms with Crippen LogP contribution in [0.1, 0.15) is 12.8 Å². The number of pyridine rings is 1. The van der Waals surface area contributed by atoms with Crippen molar-refractivity contribution in [2.24, 2.45) is 5.92 Å². The van der Waals surface area contributed by atoms with Crippen molar-refractivity contribution < 1.29 is 4.79 Å². The van der Waals surface area contributed by atoms with Crippen molar-refractivity contribution in [3.05, 3.63) is 24.4 Å². The Morgan fingerprint density at radius 3 is 2.65 bits per heavy atom. The van der Waals surface area contributed by atoms with Gasteiger partial charge in [0.05, 0.1) is 5.92 Å². The summed E-state index contributed by atoms with van der Waals surface area (Å²) in [6.45, 7) is 3.57. The maximum absolute atomic E-state index is 12.1. The maximum atomic E-state index is 12.1. The molecular formula is C13H17N3O. The second-order valence-corrected chi connectivity index (χ2v) is 4.82. The Kier molecular flexibility index (Phi) is 2.71. The summed E-state index contributed by atoms with van der Waals surface area (Å²) in [6, 6.07) is 5.89. The second kappa shape index (κ2) is 4.35. The van der Waals surface area contributed by atoms with Crippen molar-refractivity contribution in [3.63, 3.8) is 0 Å². The van der Waals surface area contributed by atoms with Crippen LogP contribution in [0.2, 0.25) is 0 Å². The predicted molar refractivity (Wildman–Crippen MR) is 65.8 cm³/mol. The molecule has 17 heavy (non-hydrogen) atoms. The van der Waals surface area contributed by atoms with Crippen molar-refractivity contribution in [1.29, 1.82) is 0 Å². The quantitative estimate of drug-likeness (QED) is 0.766. The number of hydrogen-bond donors (Lipinski definition) is 0. The first-order valence-corrected chi connectivity index (χ1v) is 6.29. The van der Waals surface area contributed by atoms with Crippen molar-refractivity contribution in [2.45, 2.75) is 12.8 Å². The molecule has 2 saturated heterocycles. The summed E-state index contributed by atoms with van der Waals surface area (Å²) in [6.07, 6.45) is 4.13. The topological polar surface area (TPSA) is 36.4 Å². The largest absolute Gasteiger partial charge is 0.355 e. The molecule has 2 aliphatic heterocycles. The van der Waals surface area contributed by atoms with E-state index in [0.717, 1.165) is 32.0 Å².